The molecule has 2 rings (SSSR count). The van der Waals surface area contributed by atoms with Gasteiger partial charge >= 0.3 is 0 Å². The summed E-state index contributed by atoms with van der Waals surface area (Å²) in [6.07, 6.45) is 6.67. The van der Waals surface area contributed by atoms with Gasteiger partial charge in [-0.25, -0.2) is 0 Å². The third-order valence-corrected chi connectivity index (χ3v) is 2.93. The highest BCUT2D eigenvalue weighted by atomic mass is 16.2. The zero-order chi connectivity index (χ0) is 13.1. The maximum absolute atomic E-state index is 12.0. The number of piperazine rings is 1. The van der Waals surface area contributed by atoms with Crippen molar-refractivity contribution < 1.29 is 9.59 Å². The second-order valence-corrected chi connectivity index (χ2v) is 4.28. The second kappa shape index (κ2) is 5.03. The van der Waals surface area contributed by atoms with Crippen LogP contribution in [-0.4, -0.2) is 45.6 Å². The van der Waals surface area contributed by atoms with Gasteiger partial charge in [-0.3, -0.25) is 14.3 Å². The lowest BCUT2D eigenvalue weighted by Gasteiger charge is -2.31. The summed E-state index contributed by atoms with van der Waals surface area (Å²) < 4.78 is 1.67. The molecular formula is C12H16N4O2. The maximum Gasteiger partial charge on any atom is 0.247 e. The summed E-state index contributed by atoms with van der Waals surface area (Å²) in [6.45, 7) is 2.78. The van der Waals surface area contributed by atoms with Crippen LogP contribution in [0.2, 0.25) is 0 Å². The van der Waals surface area contributed by atoms with Gasteiger partial charge in [0.05, 0.1) is 6.20 Å². The highest BCUT2D eigenvalue weighted by Gasteiger charge is 2.27. The van der Waals surface area contributed by atoms with Crippen LogP contribution in [0.3, 0.4) is 0 Å². The largest absolute Gasteiger partial charge is 0.353 e. The number of hydrogen-bond donors (Lipinski definition) is 1. The predicted molar refractivity (Wildman–Crippen MR) is 66.4 cm³/mol. The fraction of sp³-hybridized carbons (Fsp3) is 0.417. The van der Waals surface area contributed by atoms with E-state index in [1.807, 2.05) is 13.2 Å². The molecule has 0 bridgehead atoms. The van der Waals surface area contributed by atoms with E-state index >= 15 is 0 Å². The number of nitrogens with zero attached hydrogens (tertiary/aromatic N) is 3. The molecule has 96 valence electrons. The highest BCUT2D eigenvalue weighted by Crippen LogP contribution is 2.06. The Morgan fingerprint density at radius 1 is 1.61 bits per heavy atom. The van der Waals surface area contributed by atoms with Crippen LogP contribution in [0.1, 0.15) is 12.5 Å². The van der Waals surface area contributed by atoms with Gasteiger partial charge in [0.1, 0.15) is 6.04 Å². The summed E-state index contributed by atoms with van der Waals surface area (Å²) >= 11 is 0. The van der Waals surface area contributed by atoms with Gasteiger partial charge in [-0.15, -0.1) is 0 Å². The number of carbonyl (C=O) groups is 2. The second-order valence-electron chi connectivity index (χ2n) is 4.28. The molecule has 1 aliphatic heterocycles. The molecule has 18 heavy (non-hydrogen) atoms. The molecule has 1 fully saturated rings. The van der Waals surface area contributed by atoms with Crippen molar-refractivity contribution >= 4 is 17.9 Å². The van der Waals surface area contributed by atoms with Gasteiger partial charge < -0.3 is 10.2 Å². The Bertz CT molecular complexity index is 492. The average molecular weight is 248 g/mol. The van der Waals surface area contributed by atoms with Crippen LogP contribution in [0.25, 0.3) is 6.08 Å². The number of hydrogen-bond acceptors (Lipinski definition) is 3. The van der Waals surface area contributed by atoms with Crippen molar-refractivity contribution in [1.29, 1.82) is 0 Å². The van der Waals surface area contributed by atoms with Crippen LogP contribution in [0.15, 0.2) is 18.5 Å². The molecule has 0 aromatic carbocycles. The summed E-state index contributed by atoms with van der Waals surface area (Å²) in [6, 6.07) is -0.412. The summed E-state index contributed by atoms with van der Waals surface area (Å²) in [5.41, 5.74) is 0.861. The van der Waals surface area contributed by atoms with Crippen LogP contribution in [-0.2, 0) is 16.6 Å². The van der Waals surface area contributed by atoms with Gasteiger partial charge in [-0.2, -0.15) is 5.10 Å². The number of aromatic nitrogens is 2. The van der Waals surface area contributed by atoms with Crippen LogP contribution >= 0.6 is 0 Å². The van der Waals surface area contributed by atoms with Gasteiger partial charge in [-0.05, 0) is 13.0 Å². The van der Waals surface area contributed by atoms with E-state index in [1.165, 1.54) is 6.08 Å². The monoisotopic (exact) mass is 248 g/mol. The first-order chi connectivity index (χ1) is 8.58. The van der Waals surface area contributed by atoms with E-state index in [0.717, 1.165) is 5.56 Å². The van der Waals surface area contributed by atoms with Gasteiger partial charge in [0, 0.05) is 38.0 Å². The molecule has 0 radical (unpaired) electrons. The van der Waals surface area contributed by atoms with Gasteiger partial charge in [0.15, 0.2) is 0 Å². The highest BCUT2D eigenvalue weighted by molar-refractivity contribution is 5.96. The van der Waals surface area contributed by atoms with E-state index in [0.29, 0.717) is 13.1 Å². The Morgan fingerprint density at radius 2 is 2.39 bits per heavy atom. The number of nitrogens with one attached hydrogen (secondary N) is 1. The van der Waals surface area contributed by atoms with Gasteiger partial charge in [-0.1, -0.05) is 0 Å². The van der Waals surface area contributed by atoms with E-state index in [-0.39, 0.29) is 11.8 Å². The number of amides is 2. The third kappa shape index (κ3) is 2.58. The molecular weight excluding hydrogens is 232 g/mol. The van der Waals surface area contributed by atoms with Gasteiger partial charge in [0.2, 0.25) is 11.8 Å². The van der Waals surface area contributed by atoms with E-state index in [9.17, 15) is 9.59 Å². The lowest BCUT2D eigenvalue weighted by Crippen LogP contribution is -2.55. The molecule has 2 heterocycles. The Labute approximate surface area is 105 Å². The van der Waals surface area contributed by atoms with Crippen molar-refractivity contribution in [2.45, 2.75) is 13.0 Å². The first kappa shape index (κ1) is 12.3. The van der Waals surface area contributed by atoms with Crippen molar-refractivity contribution in [3.8, 4) is 0 Å². The van der Waals surface area contributed by atoms with E-state index in [2.05, 4.69) is 10.4 Å². The molecule has 0 aliphatic carbocycles. The minimum atomic E-state index is -0.412. The first-order valence-corrected chi connectivity index (χ1v) is 5.83. The van der Waals surface area contributed by atoms with Crippen LogP contribution in [0.4, 0.5) is 0 Å². The van der Waals surface area contributed by atoms with Crippen molar-refractivity contribution in [2.75, 3.05) is 13.1 Å². The lowest BCUT2D eigenvalue weighted by atomic mass is 10.2. The topological polar surface area (TPSA) is 67.2 Å². The van der Waals surface area contributed by atoms with E-state index in [4.69, 9.17) is 0 Å². The molecule has 1 saturated heterocycles. The van der Waals surface area contributed by atoms with Gasteiger partial charge in [0.25, 0.3) is 0 Å². The molecule has 2 amide bonds. The standard InChI is InChI=1S/C12H16N4O2/c1-9-12(18)13-5-6-16(9)11(17)4-3-10-7-14-15(2)8-10/h3-4,7-9H,5-6H2,1-2H3,(H,13,18). The molecule has 1 aromatic heterocycles. The number of rotatable bonds is 2. The molecule has 6 nitrogen and oxygen atoms in total. The molecule has 1 unspecified atom stereocenters. The zero-order valence-electron chi connectivity index (χ0n) is 10.5. The third-order valence-electron chi connectivity index (χ3n) is 2.93. The van der Waals surface area contributed by atoms with Crippen molar-refractivity contribution in [3.63, 3.8) is 0 Å². The lowest BCUT2D eigenvalue weighted by molar-refractivity contribution is -0.139. The van der Waals surface area contributed by atoms with E-state index in [1.54, 1.807) is 28.8 Å². The molecule has 0 spiro atoms. The number of carbonyl (C=O) groups excluding carboxylic acids is 2. The molecule has 0 saturated carbocycles. The summed E-state index contributed by atoms with van der Waals surface area (Å²) in [5, 5.41) is 6.73. The Morgan fingerprint density at radius 3 is 3.06 bits per heavy atom. The van der Waals surface area contributed by atoms with Crippen molar-refractivity contribution in [3.05, 3.63) is 24.0 Å². The molecule has 1 aliphatic rings. The van der Waals surface area contributed by atoms with Crippen LogP contribution in [0.5, 0.6) is 0 Å². The average Bonchev–Trinajstić information content (AvgIpc) is 2.76. The van der Waals surface area contributed by atoms with Crippen LogP contribution < -0.4 is 5.32 Å². The number of aryl methyl sites for hydroxylation is 1. The molecule has 1 N–H and O–H groups in total. The Balaban J connectivity index is 2.03. The van der Waals surface area contributed by atoms with Crippen LogP contribution in [0, 0.1) is 0 Å². The zero-order valence-corrected chi connectivity index (χ0v) is 10.5. The Hall–Kier alpha value is -2.11. The smallest absolute Gasteiger partial charge is 0.247 e. The minimum absolute atomic E-state index is 0.107. The summed E-state index contributed by atoms with van der Waals surface area (Å²) in [7, 11) is 1.82. The quantitative estimate of drug-likeness (QED) is 0.736. The van der Waals surface area contributed by atoms with Crippen molar-refractivity contribution in [1.82, 2.24) is 20.0 Å². The molecule has 1 aromatic rings. The normalized spacial score (nSPS) is 20.2. The van der Waals surface area contributed by atoms with E-state index < -0.39 is 6.04 Å². The summed E-state index contributed by atoms with van der Waals surface area (Å²) in [5.74, 6) is -0.259. The molecule has 6 heteroatoms. The Kier molecular flexibility index (Phi) is 3.45. The minimum Gasteiger partial charge on any atom is -0.353 e. The molecule has 1 atom stereocenters. The first-order valence-electron chi connectivity index (χ1n) is 5.83. The predicted octanol–water partition coefficient (Wildman–Crippen LogP) is -0.220. The maximum atomic E-state index is 12.0. The fourth-order valence-electron chi connectivity index (χ4n) is 1.87. The fourth-order valence-corrected chi connectivity index (χ4v) is 1.87. The summed E-state index contributed by atoms with van der Waals surface area (Å²) in [4.78, 5) is 25.0. The SMILES string of the molecule is CC1C(=O)NCCN1C(=O)C=Cc1cnn(C)c1. The van der Waals surface area contributed by atoms with Crippen molar-refractivity contribution in [2.24, 2.45) is 7.05 Å².